The Labute approximate surface area is 134 Å². The van der Waals surface area contributed by atoms with Crippen molar-refractivity contribution < 1.29 is 14.6 Å². The smallest absolute Gasteiger partial charge is 0.229 e. The molecular formula is C17H21N3O3. The Morgan fingerprint density at radius 2 is 2.26 bits per heavy atom. The highest BCUT2D eigenvalue weighted by Gasteiger charge is 2.42. The van der Waals surface area contributed by atoms with Gasteiger partial charge in [0.2, 0.25) is 5.91 Å². The zero-order valence-electron chi connectivity index (χ0n) is 12.9. The number of rotatable bonds is 3. The topological polar surface area (TPSA) is 78.5 Å². The minimum Gasteiger partial charge on any atom is -0.396 e. The Hall–Kier alpha value is -1.92. The third kappa shape index (κ3) is 2.62. The summed E-state index contributed by atoms with van der Waals surface area (Å²) >= 11 is 0. The number of benzene rings is 1. The molecule has 6 nitrogen and oxygen atoms in total. The number of aliphatic hydroxyl groups is 1. The summed E-state index contributed by atoms with van der Waals surface area (Å²) in [6.45, 7) is 1.38. The van der Waals surface area contributed by atoms with Gasteiger partial charge in [-0.2, -0.15) is 5.10 Å². The van der Waals surface area contributed by atoms with Crippen LogP contribution in [0.15, 0.2) is 24.3 Å². The highest BCUT2D eigenvalue weighted by Crippen LogP contribution is 2.34. The lowest BCUT2D eigenvalue weighted by atomic mass is 10.1. The lowest BCUT2D eigenvalue weighted by molar-refractivity contribution is -0.143. The summed E-state index contributed by atoms with van der Waals surface area (Å²) < 4.78 is 5.79. The van der Waals surface area contributed by atoms with E-state index in [1.165, 1.54) is 0 Å². The molecule has 2 fully saturated rings. The average molecular weight is 315 g/mol. The first-order valence-corrected chi connectivity index (χ1v) is 8.20. The predicted molar refractivity (Wildman–Crippen MR) is 84.8 cm³/mol. The van der Waals surface area contributed by atoms with Gasteiger partial charge in [-0.3, -0.25) is 9.89 Å². The van der Waals surface area contributed by atoms with Crippen molar-refractivity contribution in [3.05, 3.63) is 30.0 Å². The molecule has 23 heavy (non-hydrogen) atoms. The zero-order valence-corrected chi connectivity index (χ0v) is 12.9. The second-order valence-electron chi connectivity index (χ2n) is 6.48. The normalized spacial score (nSPS) is 27.3. The van der Waals surface area contributed by atoms with Crippen LogP contribution >= 0.6 is 0 Å². The van der Waals surface area contributed by atoms with Crippen molar-refractivity contribution in [3.63, 3.8) is 0 Å². The first kappa shape index (κ1) is 14.7. The van der Waals surface area contributed by atoms with Gasteiger partial charge in [0.15, 0.2) is 0 Å². The van der Waals surface area contributed by atoms with E-state index >= 15 is 0 Å². The molecular weight excluding hydrogens is 294 g/mol. The van der Waals surface area contributed by atoms with Gasteiger partial charge in [-0.1, -0.05) is 18.2 Å². The largest absolute Gasteiger partial charge is 0.396 e. The van der Waals surface area contributed by atoms with Crippen molar-refractivity contribution in [1.29, 1.82) is 0 Å². The van der Waals surface area contributed by atoms with E-state index in [9.17, 15) is 9.90 Å². The van der Waals surface area contributed by atoms with Crippen LogP contribution in [0.2, 0.25) is 0 Å². The molecule has 2 N–H and O–H groups in total. The molecule has 1 saturated carbocycles. The Kier molecular flexibility index (Phi) is 3.79. The van der Waals surface area contributed by atoms with Crippen LogP contribution in [0.25, 0.3) is 10.9 Å². The van der Waals surface area contributed by atoms with Crippen LogP contribution in [0.5, 0.6) is 0 Å². The van der Waals surface area contributed by atoms with E-state index in [0.29, 0.717) is 19.6 Å². The highest BCUT2D eigenvalue weighted by atomic mass is 16.5. The van der Waals surface area contributed by atoms with Crippen molar-refractivity contribution in [2.24, 2.45) is 5.92 Å². The molecule has 0 unspecified atom stereocenters. The van der Waals surface area contributed by atoms with Crippen LogP contribution in [0.1, 0.15) is 18.5 Å². The molecule has 0 radical (unpaired) electrons. The van der Waals surface area contributed by atoms with Crippen molar-refractivity contribution in [2.45, 2.75) is 31.4 Å². The van der Waals surface area contributed by atoms with Crippen molar-refractivity contribution >= 4 is 16.8 Å². The summed E-state index contributed by atoms with van der Waals surface area (Å²) in [5, 5.41) is 17.6. The number of morpholine rings is 1. The van der Waals surface area contributed by atoms with Crippen LogP contribution in [-0.2, 0) is 16.0 Å². The van der Waals surface area contributed by atoms with Gasteiger partial charge in [-0.25, -0.2) is 0 Å². The molecule has 0 bridgehead atoms. The first-order valence-electron chi connectivity index (χ1n) is 8.20. The van der Waals surface area contributed by atoms with E-state index in [4.69, 9.17) is 4.74 Å². The Bertz CT molecular complexity index is 714. The summed E-state index contributed by atoms with van der Waals surface area (Å²) in [5.74, 6) is 0.350. The summed E-state index contributed by atoms with van der Waals surface area (Å²) in [4.78, 5) is 14.8. The summed E-state index contributed by atoms with van der Waals surface area (Å²) in [6.07, 6.45) is 2.07. The second-order valence-corrected chi connectivity index (χ2v) is 6.48. The number of aromatic nitrogens is 2. The molecule has 2 aliphatic rings. The maximum Gasteiger partial charge on any atom is 0.229 e. The molecule has 1 aliphatic heterocycles. The third-order valence-electron chi connectivity index (χ3n) is 5.08. The molecule has 2 heterocycles. The van der Waals surface area contributed by atoms with E-state index in [-0.39, 0.29) is 30.6 Å². The SMILES string of the molecule is O=C(Cc1[nH]nc2ccccc12)N1CCO[C@H]2C[C@H](CO)C[C@@H]21. The first-order chi connectivity index (χ1) is 11.3. The number of carbonyl (C=O) groups excluding carboxylic acids is 1. The van der Waals surface area contributed by atoms with Crippen molar-refractivity contribution in [3.8, 4) is 0 Å². The summed E-state index contributed by atoms with van der Waals surface area (Å²) in [7, 11) is 0. The molecule has 1 saturated heterocycles. The number of para-hydroxylation sites is 1. The molecule has 1 amide bonds. The predicted octanol–water partition coefficient (Wildman–Crippen LogP) is 1.10. The quantitative estimate of drug-likeness (QED) is 0.889. The number of aromatic amines is 1. The van der Waals surface area contributed by atoms with E-state index in [0.717, 1.165) is 29.4 Å². The third-order valence-corrected chi connectivity index (χ3v) is 5.08. The molecule has 4 rings (SSSR count). The maximum absolute atomic E-state index is 12.8. The van der Waals surface area contributed by atoms with Crippen LogP contribution in [-0.4, -0.2) is 58.0 Å². The van der Waals surface area contributed by atoms with Crippen LogP contribution in [0.4, 0.5) is 0 Å². The van der Waals surface area contributed by atoms with E-state index in [1.54, 1.807) is 0 Å². The minimum absolute atomic E-state index is 0.0726. The fourth-order valence-corrected chi connectivity index (χ4v) is 3.91. The Morgan fingerprint density at radius 1 is 1.39 bits per heavy atom. The number of ether oxygens (including phenoxy) is 1. The molecule has 0 spiro atoms. The number of carbonyl (C=O) groups is 1. The van der Waals surface area contributed by atoms with E-state index in [1.807, 2.05) is 29.2 Å². The van der Waals surface area contributed by atoms with Gasteiger partial charge in [0, 0.05) is 18.5 Å². The summed E-state index contributed by atoms with van der Waals surface area (Å²) in [6, 6.07) is 7.92. The molecule has 1 aromatic carbocycles. The number of amides is 1. The Balaban J connectivity index is 1.52. The maximum atomic E-state index is 12.8. The van der Waals surface area contributed by atoms with Crippen molar-refractivity contribution in [2.75, 3.05) is 19.8 Å². The fraction of sp³-hybridized carbons (Fsp3) is 0.529. The number of H-pyrrole nitrogens is 1. The Morgan fingerprint density at radius 3 is 3.13 bits per heavy atom. The van der Waals surface area contributed by atoms with Gasteiger partial charge < -0.3 is 14.7 Å². The van der Waals surface area contributed by atoms with Gasteiger partial charge in [0.1, 0.15) is 0 Å². The van der Waals surface area contributed by atoms with Gasteiger partial charge in [-0.15, -0.1) is 0 Å². The molecule has 122 valence electrons. The number of nitrogens with one attached hydrogen (secondary N) is 1. The van der Waals surface area contributed by atoms with Crippen LogP contribution < -0.4 is 0 Å². The molecule has 1 aliphatic carbocycles. The van der Waals surface area contributed by atoms with E-state index in [2.05, 4.69) is 10.2 Å². The number of fused-ring (bicyclic) bond motifs is 2. The molecule has 2 aromatic rings. The molecule has 3 atom stereocenters. The lowest BCUT2D eigenvalue weighted by Gasteiger charge is -2.37. The van der Waals surface area contributed by atoms with Crippen molar-refractivity contribution in [1.82, 2.24) is 15.1 Å². The molecule has 6 heteroatoms. The van der Waals surface area contributed by atoms with Gasteiger partial charge >= 0.3 is 0 Å². The lowest BCUT2D eigenvalue weighted by Crippen LogP contribution is -2.51. The van der Waals surface area contributed by atoms with Crippen LogP contribution in [0, 0.1) is 5.92 Å². The minimum atomic E-state index is 0.0726. The number of hydrogen-bond acceptors (Lipinski definition) is 4. The van der Waals surface area contributed by atoms with Crippen LogP contribution in [0.3, 0.4) is 0 Å². The number of hydrogen-bond donors (Lipinski definition) is 2. The number of nitrogens with zero attached hydrogens (tertiary/aromatic N) is 2. The standard InChI is InChI=1S/C17H21N3O3/c21-10-11-7-15-16(8-11)23-6-5-20(15)17(22)9-14-12-3-1-2-4-13(12)18-19-14/h1-4,11,15-16,21H,5-10H2,(H,18,19)/t11-,15+,16+/m1/s1. The van der Waals surface area contributed by atoms with Gasteiger partial charge in [-0.05, 0) is 24.8 Å². The van der Waals surface area contributed by atoms with E-state index < -0.39 is 0 Å². The fourth-order valence-electron chi connectivity index (χ4n) is 3.91. The summed E-state index contributed by atoms with van der Waals surface area (Å²) in [5.41, 5.74) is 1.75. The second kappa shape index (κ2) is 5.94. The monoisotopic (exact) mass is 315 g/mol. The average Bonchev–Trinajstić information content (AvgIpc) is 3.18. The number of aliphatic hydroxyl groups excluding tert-OH is 1. The highest BCUT2D eigenvalue weighted by molar-refractivity contribution is 5.87. The molecule has 1 aromatic heterocycles. The van der Waals surface area contributed by atoms with Gasteiger partial charge in [0.25, 0.3) is 0 Å². The zero-order chi connectivity index (χ0) is 15.8. The van der Waals surface area contributed by atoms with Gasteiger partial charge in [0.05, 0.1) is 36.4 Å².